The van der Waals surface area contributed by atoms with Crippen LogP contribution in [0.15, 0.2) is 22.8 Å². The quantitative estimate of drug-likeness (QED) is 0.777. The average molecular weight is 372 g/mol. The molecule has 4 nitrogen and oxygen atoms in total. The standard InChI is InChI=1S/C15H16BrClN2O2/c1-3-5-18-13-10-6-9(17)7-12(16)14(10)19-8-11(13)15(20)21-4-2/h6-8H,3-5H2,1-2H3,(H,18,19). The van der Waals surface area contributed by atoms with Gasteiger partial charge in [0.1, 0.15) is 5.56 Å². The summed E-state index contributed by atoms with van der Waals surface area (Å²) in [7, 11) is 0. The van der Waals surface area contributed by atoms with Gasteiger partial charge in [-0.15, -0.1) is 0 Å². The minimum atomic E-state index is -0.387. The van der Waals surface area contributed by atoms with Crippen molar-refractivity contribution in [1.29, 1.82) is 0 Å². The number of fused-ring (bicyclic) bond motifs is 1. The lowest BCUT2D eigenvalue weighted by molar-refractivity contribution is 0.0527. The molecule has 0 amide bonds. The Morgan fingerprint density at radius 3 is 2.86 bits per heavy atom. The Morgan fingerprint density at radius 2 is 2.19 bits per heavy atom. The van der Waals surface area contributed by atoms with Crippen molar-refractivity contribution in [2.45, 2.75) is 20.3 Å². The highest BCUT2D eigenvalue weighted by Crippen LogP contribution is 2.33. The number of nitrogens with one attached hydrogen (secondary N) is 1. The molecular formula is C15H16BrClN2O2. The summed E-state index contributed by atoms with van der Waals surface area (Å²) in [6.07, 6.45) is 2.48. The third-order valence-electron chi connectivity index (χ3n) is 2.94. The molecule has 0 aliphatic carbocycles. The molecule has 1 aromatic carbocycles. The fourth-order valence-corrected chi connectivity index (χ4v) is 2.94. The lowest BCUT2D eigenvalue weighted by Gasteiger charge is -2.14. The molecule has 0 spiro atoms. The molecule has 0 saturated heterocycles. The Morgan fingerprint density at radius 1 is 1.43 bits per heavy atom. The zero-order valence-corrected chi connectivity index (χ0v) is 14.2. The Hall–Kier alpha value is -1.33. The number of pyridine rings is 1. The van der Waals surface area contributed by atoms with Crippen LogP contribution in [0, 0.1) is 0 Å². The predicted molar refractivity (Wildman–Crippen MR) is 89.2 cm³/mol. The number of carbonyl (C=O) groups excluding carboxylic acids is 1. The number of hydrogen-bond donors (Lipinski definition) is 1. The fraction of sp³-hybridized carbons (Fsp3) is 0.333. The van der Waals surface area contributed by atoms with Crippen LogP contribution in [0.25, 0.3) is 10.9 Å². The molecular weight excluding hydrogens is 356 g/mol. The number of benzene rings is 1. The van der Waals surface area contributed by atoms with E-state index in [4.69, 9.17) is 16.3 Å². The van der Waals surface area contributed by atoms with E-state index in [0.29, 0.717) is 22.9 Å². The van der Waals surface area contributed by atoms with Crippen LogP contribution in [0.4, 0.5) is 5.69 Å². The largest absolute Gasteiger partial charge is 0.462 e. The highest BCUT2D eigenvalue weighted by Gasteiger charge is 2.17. The van der Waals surface area contributed by atoms with E-state index in [-0.39, 0.29) is 5.97 Å². The highest BCUT2D eigenvalue weighted by molar-refractivity contribution is 9.10. The summed E-state index contributed by atoms with van der Waals surface area (Å²) in [6, 6.07) is 3.58. The summed E-state index contributed by atoms with van der Waals surface area (Å²) in [5.74, 6) is -0.387. The van der Waals surface area contributed by atoms with Crippen LogP contribution in [0.1, 0.15) is 30.6 Å². The summed E-state index contributed by atoms with van der Waals surface area (Å²) in [5, 5.41) is 4.66. The molecule has 0 saturated carbocycles. The van der Waals surface area contributed by atoms with Crippen LogP contribution in [0.5, 0.6) is 0 Å². The van der Waals surface area contributed by atoms with Crippen LogP contribution in [0.3, 0.4) is 0 Å². The van der Waals surface area contributed by atoms with Crippen LogP contribution in [-0.4, -0.2) is 24.1 Å². The number of hydrogen-bond acceptors (Lipinski definition) is 4. The van der Waals surface area contributed by atoms with Crippen molar-refractivity contribution in [1.82, 2.24) is 4.98 Å². The normalized spacial score (nSPS) is 10.7. The minimum Gasteiger partial charge on any atom is -0.462 e. The molecule has 0 bridgehead atoms. The zero-order valence-electron chi connectivity index (χ0n) is 11.9. The topological polar surface area (TPSA) is 51.2 Å². The van der Waals surface area contributed by atoms with Crippen molar-refractivity contribution >= 4 is 50.1 Å². The number of nitrogens with zero attached hydrogens (tertiary/aromatic N) is 1. The van der Waals surface area contributed by atoms with Crippen molar-refractivity contribution < 1.29 is 9.53 Å². The zero-order chi connectivity index (χ0) is 15.4. The first-order chi connectivity index (χ1) is 10.1. The number of esters is 1. The molecule has 2 aromatic rings. The second-order valence-corrected chi connectivity index (χ2v) is 5.77. The summed E-state index contributed by atoms with van der Waals surface area (Å²) in [5.41, 5.74) is 1.89. The SMILES string of the molecule is CCCNc1c(C(=O)OCC)cnc2c(Br)cc(Cl)cc12. The van der Waals surface area contributed by atoms with E-state index in [1.54, 1.807) is 19.1 Å². The van der Waals surface area contributed by atoms with Gasteiger partial charge < -0.3 is 10.1 Å². The maximum Gasteiger partial charge on any atom is 0.341 e. The van der Waals surface area contributed by atoms with Crippen LogP contribution in [-0.2, 0) is 4.74 Å². The average Bonchev–Trinajstić information content (AvgIpc) is 2.44. The highest BCUT2D eigenvalue weighted by atomic mass is 79.9. The van der Waals surface area contributed by atoms with Gasteiger partial charge in [-0.05, 0) is 41.4 Å². The van der Waals surface area contributed by atoms with Gasteiger partial charge in [0.2, 0.25) is 0 Å². The van der Waals surface area contributed by atoms with Gasteiger partial charge in [0.05, 0.1) is 17.8 Å². The third-order valence-corrected chi connectivity index (χ3v) is 3.76. The number of rotatable bonds is 5. The number of carbonyl (C=O) groups is 1. The van der Waals surface area contributed by atoms with E-state index in [2.05, 4.69) is 33.2 Å². The molecule has 112 valence electrons. The molecule has 21 heavy (non-hydrogen) atoms. The van der Waals surface area contributed by atoms with E-state index >= 15 is 0 Å². The van der Waals surface area contributed by atoms with Gasteiger partial charge in [0.25, 0.3) is 0 Å². The number of aromatic nitrogens is 1. The second-order valence-electron chi connectivity index (χ2n) is 4.48. The van der Waals surface area contributed by atoms with E-state index in [0.717, 1.165) is 28.3 Å². The monoisotopic (exact) mass is 370 g/mol. The number of ether oxygens (including phenoxy) is 1. The Bertz CT molecular complexity index is 676. The van der Waals surface area contributed by atoms with Crippen LogP contribution in [0.2, 0.25) is 5.02 Å². The van der Waals surface area contributed by atoms with Crippen molar-refractivity contribution in [2.24, 2.45) is 0 Å². The summed E-state index contributed by atoms with van der Waals surface area (Å²) in [4.78, 5) is 16.4. The molecule has 0 atom stereocenters. The smallest absolute Gasteiger partial charge is 0.341 e. The van der Waals surface area contributed by atoms with Crippen LogP contribution >= 0.6 is 27.5 Å². The van der Waals surface area contributed by atoms with E-state index in [9.17, 15) is 4.79 Å². The molecule has 0 radical (unpaired) electrons. The van der Waals surface area contributed by atoms with E-state index in [1.807, 2.05) is 0 Å². The van der Waals surface area contributed by atoms with Gasteiger partial charge in [-0.25, -0.2) is 4.79 Å². The number of halogens is 2. The maximum atomic E-state index is 12.1. The predicted octanol–water partition coefficient (Wildman–Crippen LogP) is 4.65. The van der Waals surface area contributed by atoms with Crippen molar-refractivity contribution in [3.63, 3.8) is 0 Å². The summed E-state index contributed by atoms with van der Waals surface area (Å²) in [6.45, 7) is 4.90. The lowest BCUT2D eigenvalue weighted by atomic mass is 10.1. The molecule has 0 aliphatic heterocycles. The van der Waals surface area contributed by atoms with Crippen molar-refractivity contribution in [2.75, 3.05) is 18.5 Å². The molecule has 6 heteroatoms. The van der Waals surface area contributed by atoms with Gasteiger partial charge in [0.15, 0.2) is 0 Å². The Kier molecular flexibility index (Phi) is 5.42. The van der Waals surface area contributed by atoms with Crippen molar-refractivity contribution in [3.8, 4) is 0 Å². The van der Waals surface area contributed by atoms with Gasteiger partial charge in [-0.1, -0.05) is 18.5 Å². The van der Waals surface area contributed by atoms with Gasteiger partial charge >= 0.3 is 5.97 Å². The first kappa shape index (κ1) is 16.0. The van der Waals surface area contributed by atoms with Crippen LogP contribution < -0.4 is 5.32 Å². The van der Waals surface area contributed by atoms with Gasteiger partial charge in [0, 0.05) is 27.6 Å². The van der Waals surface area contributed by atoms with E-state index < -0.39 is 0 Å². The maximum absolute atomic E-state index is 12.1. The third kappa shape index (κ3) is 3.47. The molecule has 1 heterocycles. The Balaban J connectivity index is 2.66. The van der Waals surface area contributed by atoms with Gasteiger partial charge in [-0.3, -0.25) is 4.98 Å². The molecule has 1 aromatic heterocycles. The van der Waals surface area contributed by atoms with Crippen molar-refractivity contribution in [3.05, 3.63) is 33.4 Å². The lowest BCUT2D eigenvalue weighted by Crippen LogP contribution is -2.11. The summed E-state index contributed by atoms with van der Waals surface area (Å²) < 4.78 is 5.89. The number of anilines is 1. The minimum absolute atomic E-state index is 0.323. The van der Waals surface area contributed by atoms with E-state index in [1.165, 1.54) is 6.20 Å². The molecule has 0 aliphatic rings. The second kappa shape index (κ2) is 7.09. The Labute approximate surface area is 137 Å². The molecule has 1 N–H and O–H groups in total. The molecule has 2 rings (SSSR count). The van der Waals surface area contributed by atoms with Gasteiger partial charge in [-0.2, -0.15) is 0 Å². The molecule has 0 unspecified atom stereocenters. The summed E-state index contributed by atoms with van der Waals surface area (Å²) >= 11 is 9.57. The fourth-order valence-electron chi connectivity index (χ4n) is 2.03. The first-order valence-corrected chi connectivity index (χ1v) is 7.94. The molecule has 0 fully saturated rings. The first-order valence-electron chi connectivity index (χ1n) is 6.77.